The summed E-state index contributed by atoms with van der Waals surface area (Å²) in [4.78, 5) is 12.0. The van der Waals surface area contributed by atoms with Gasteiger partial charge in [-0.3, -0.25) is 9.89 Å². The topological polar surface area (TPSA) is 67.0 Å². The van der Waals surface area contributed by atoms with E-state index in [9.17, 15) is 13.6 Å². The zero-order valence-corrected chi connectivity index (χ0v) is 13.1. The second-order valence-electron chi connectivity index (χ2n) is 5.91. The molecule has 2 N–H and O–H groups in total. The lowest BCUT2D eigenvalue weighted by molar-refractivity contribution is -0.121. The summed E-state index contributed by atoms with van der Waals surface area (Å²) in [6, 6.07) is 3.58. The van der Waals surface area contributed by atoms with Gasteiger partial charge in [0.2, 0.25) is 5.91 Å². The Hall–Kier alpha value is -2.28. The van der Waals surface area contributed by atoms with Gasteiger partial charge in [-0.2, -0.15) is 5.10 Å². The van der Waals surface area contributed by atoms with E-state index in [0.29, 0.717) is 13.2 Å². The number of carbonyl (C=O) groups excluding carboxylic acids is 1. The minimum Gasteiger partial charge on any atom is -0.373 e. The van der Waals surface area contributed by atoms with Crippen molar-refractivity contribution in [2.24, 2.45) is 5.92 Å². The van der Waals surface area contributed by atoms with Gasteiger partial charge in [0.25, 0.3) is 0 Å². The van der Waals surface area contributed by atoms with Crippen LogP contribution in [-0.2, 0) is 16.0 Å². The number of benzene rings is 1. The standard InChI is InChI=1S/C17H19F2N3O2/c18-14-4-1-5-15(19)13(14)7-16(23)20-8-11-3-2-6-24-17(11)12-9-21-22-10-12/h1,4-5,9-11,17H,2-3,6-8H2,(H,20,23)(H,21,22)/t11-,17+/m0/s1. The zero-order valence-electron chi connectivity index (χ0n) is 13.1. The lowest BCUT2D eigenvalue weighted by Crippen LogP contribution is -2.36. The van der Waals surface area contributed by atoms with Crippen molar-refractivity contribution >= 4 is 5.91 Å². The van der Waals surface area contributed by atoms with Crippen LogP contribution in [0.25, 0.3) is 0 Å². The Balaban J connectivity index is 1.59. The van der Waals surface area contributed by atoms with Gasteiger partial charge in [0.15, 0.2) is 0 Å². The van der Waals surface area contributed by atoms with Crippen LogP contribution in [0.5, 0.6) is 0 Å². The number of rotatable bonds is 5. The molecule has 0 saturated carbocycles. The number of H-pyrrole nitrogens is 1. The number of hydrogen-bond donors (Lipinski definition) is 2. The van der Waals surface area contributed by atoms with Gasteiger partial charge < -0.3 is 10.1 Å². The molecule has 5 nitrogen and oxygen atoms in total. The van der Waals surface area contributed by atoms with Crippen LogP contribution in [0.15, 0.2) is 30.6 Å². The minimum absolute atomic E-state index is 0.103. The first-order valence-electron chi connectivity index (χ1n) is 7.95. The van der Waals surface area contributed by atoms with Crippen molar-refractivity contribution in [3.05, 3.63) is 53.4 Å². The van der Waals surface area contributed by atoms with Crippen molar-refractivity contribution in [2.45, 2.75) is 25.4 Å². The minimum atomic E-state index is -0.706. The highest BCUT2D eigenvalue weighted by molar-refractivity contribution is 5.78. The number of nitrogens with one attached hydrogen (secondary N) is 2. The van der Waals surface area contributed by atoms with E-state index >= 15 is 0 Å². The molecule has 128 valence electrons. The van der Waals surface area contributed by atoms with Gasteiger partial charge in [-0.05, 0) is 25.0 Å². The number of amides is 1. The molecule has 0 bridgehead atoms. The van der Waals surface area contributed by atoms with E-state index in [2.05, 4.69) is 15.5 Å². The molecule has 0 spiro atoms. The highest BCUT2D eigenvalue weighted by atomic mass is 19.1. The number of carbonyl (C=O) groups is 1. The van der Waals surface area contributed by atoms with Gasteiger partial charge in [-0.25, -0.2) is 8.78 Å². The molecule has 24 heavy (non-hydrogen) atoms. The monoisotopic (exact) mass is 335 g/mol. The van der Waals surface area contributed by atoms with Crippen LogP contribution in [0.2, 0.25) is 0 Å². The van der Waals surface area contributed by atoms with Crippen LogP contribution in [0, 0.1) is 17.6 Å². The third-order valence-corrected chi connectivity index (χ3v) is 4.25. The SMILES string of the molecule is O=C(Cc1c(F)cccc1F)NC[C@@H]1CCCO[C@H]1c1cn[nH]c1. The van der Waals surface area contributed by atoms with Crippen LogP contribution in [0.4, 0.5) is 8.78 Å². The predicted octanol–water partition coefficient (Wildman–Crippen LogP) is 2.51. The summed E-state index contributed by atoms with van der Waals surface area (Å²) >= 11 is 0. The third kappa shape index (κ3) is 3.79. The number of aromatic nitrogens is 2. The average Bonchev–Trinajstić information content (AvgIpc) is 3.11. The van der Waals surface area contributed by atoms with Crippen molar-refractivity contribution < 1.29 is 18.3 Å². The lowest BCUT2D eigenvalue weighted by atomic mass is 9.91. The average molecular weight is 335 g/mol. The molecule has 0 aliphatic carbocycles. The van der Waals surface area contributed by atoms with Crippen molar-refractivity contribution in [3.63, 3.8) is 0 Å². The molecule has 2 atom stereocenters. The van der Waals surface area contributed by atoms with E-state index in [1.807, 2.05) is 0 Å². The van der Waals surface area contributed by atoms with Crippen LogP contribution in [0.1, 0.15) is 30.1 Å². The van der Waals surface area contributed by atoms with Gasteiger partial charge in [-0.1, -0.05) is 6.07 Å². The Morgan fingerprint density at radius 3 is 2.88 bits per heavy atom. The van der Waals surface area contributed by atoms with Crippen LogP contribution >= 0.6 is 0 Å². The second-order valence-corrected chi connectivity index (χ2v) is 5.91. The first-order chi connectivity index (χ1) is 11.6. The lowest BCUT2D eigenvalue weighted by Gasteiger charge is -2.31. The van der Waals surface area contributed by atoms with Gasteiger partial charge in [0.05, 0.1) is 18.7 Å². The van der Waals surface area contributed by atoms with Gasteiger partial charge in [-0.15, -0.1) is 0 Å². The summed E-state index contributed by atoms with van der Waals surface area (Å²) in [6.45, 7) is 1.06. The molecule has 3 rings (SSSR count). The van der Waals surface area contributed by atoms with Gasteiger partial charge in [0.1, 0.15) is 11.6 Å². The van der Waals surface area contributed by atoms with E-state index in [0.717, 1.165) is 30.5 Å². The third-order valence-electron chi connectivity index (χ3n) is 4.25. The molecule has 1 aliphatic rings. The van der Waals surface area contributed by atoms with Crippen molar-refractivity contribution in [3.8, 4) is 0 Å². The molecule has 1 amide bonds. The van der Waals surface area contributed by atoms with E-state index in [1.54, 1.807) is 12.4 Å². The molecule has 1 aromatic carbocycles. The van der Waals surface area contributed by atoms with Crippen molar-refractivity contribution in [2.75, 3.05) is 13.2 Å². The Morgan fingerprint density at radius 2 is 2.17 bits per heavy atom. The van der Waals surface area contributed by atoms with Crippen molar-refractivity contribution in [1.29, 1.82) is 0 Å². The predicted molar refractivity (Wildman–Crippen MR) is 83.1 cm³/mol. The number of hydrogen-bond acceptors (Lipinski definition) is 3. The molecule has 1 aliphatic heterocycles. The molecule has 1 aromatic heterocycles. The smallest absolute Gasteiger partial charge is 0.224 e. The largest absolute Gasteiger partial charge is 0.373 e. The second kappa shape index (κ2) is 7.53. The molecule has 2 aromatic rings. The van der Waals surface area contributed by atoms with Crippen molar-refractivity contribution in [1.82, 2.24) is 15.5 Å². The summed E-state index contributed by atoms with van der Waals surface area (Å²) in [7, 11) is 0. The molecular formula is C17H19F2N3O2. The first kappa shape index (κ1) is 16.6. The number of nitrogens with zero attached hydrogens (tertiary/aromatic N) is 1. The summed E-state index contributed by atoms with van der Waals surface area (Å²) in [5.41, 5.74) is 0.732. The Labute approximate surface area is 138 Å². The quantitative estimate of drug-likeness (QED) is 0.882. The van der Waals surface area contributed by atoms with Crippen LogP contribution < -0.4 is 5.32 Å². The maximum Gasteiger partial charge on any atom is 0.224 e. The van der Waals surface area contributed by atoms with Gasteiger partial charge >= 0.3 is 0 Å². The number of aromatic amines is 1. The molecule has 0 unspecified atom stereocenters. The Morgan fingerprint density at radius 1 is 1.38 bits per heavy atom. The molecule has 1 fully saturated rings. The Kier molecular flexibility index (Phi) is 5.20. The zero-order chi connectivity index (χ0) is 16.9. The highest BCUT2D eigenvalue weighted by Crippen LogP contribution is 2.32. The molecule has 7 heteroatoms. The molecule has 0 radical (unpaired) electrons. The fourth-order valence-corrected chi connectivity index (χ4v) is 3.01. The highest BCUT2D eigenvalue weighted by Gasteiger charge is 2.28. The first-order valence-corrected chi connectivity index (χ1v) is 7.95. The van der Waals surface area contributed by atoms with Crippen LogP contribution in [-0.4, -0.2) is 29.3 Å². The van der Waals surface area contributed by atoms with Gasteiger partial charge in [0, 0.05) is 36.4 Å². The fraction of sp³-hybridized carbons (Fsp3) is 0.412. The van der Waals surface area contributed by atoms with E-state index in [1.165, 1.54) is 6.07 Å². The molecule has 1 saturated heterocycles. The molecule has 2 heterocycles. The maximum atomic E-state index is 13.6. The van der Waals surface area contributed by atoms with E-state index in [4.69, 9.17) is 4.74 Å². The van der Waals surface area contributed by atoms with E-state index in [-0.39, 0.29) is 24.0 Å². The number of ether oxygens (including phenoxy) is 1. The molecular weight excluding hydrogens is 316 g/mol. The van der Waals surface area contributed by atoms with Crippen LogP contribution in [0.3, 0.4) is 0 Å². The number of halogens is 2. The summed E-state index contributed by atoms with van der Waals surface area (Å²) in [5.74, 6) is -1.72. The normalized spacial score (nSPS) is 20.8. The summed E-state index contributed by atoms with van der Waals surface area (Å²) in [6.07, 6.45) is 4.85. The maximum absolute atomic E-state index is 13.6. The fourth-order valence-electron chi connectivity index (χ4n) is 3.01. The van der Waals surface area contributed by atoms with E-state index < -0.39 is 17.5 Å². The summed E-state index contributed by atoms with van der Waals surface area (Å²) in [5, 5.41) is 9.45. The Bertz CT molecular complexity index is 671. The summed E-state index contributed by atoms with van der Waals surface area (Å²) < 4.78 is 33.0.